The minimum absolute atomic E-state index is 0.107. The maximum absolute atomic E-state index is 13.1. The minimum atomic E-state index is -0.300. The molecule has 0 aliphatic carbocycles. The second-order valence-electron chi connectivity index (χ2n) is 7.76. The van der Waals surface area contributed by atoms with E-state index in [-0.39, 0.29) is 36.2 Å². The van der Waals surface area contributed by atoms with Crippen LogP contribution in [0.25, 0.3) is 0 Å². The van der Waals surface area contributed by atoms with Gasteiger partial charge in [0.1, 0.15) is 5.78 Å². The minimum Gasteiger partial charge on any atom is -0.493 e. The van der Waals surface area contributed by atoms with Gasteiger partial charge in [0.15, 0.2) is 11.5 Å². The zero-order valence-corrected chi connectivity index (χ0v) is 18.8. The summed E-state index contributed by atoms with van der Waals surface area (Å²) in [6.45, 7) is 0.995. The van der Waals surface area contributed by atoms with Crippen molar-refractivity contribution in [3.05, 3.63) is 17.7 Å². The van der Waals surface area contributed by atoms with Gasteiger partial charge in [-0.15, -0.1) is 0 Å². The summed E-state index contributed by atoms with van der Waals surface area (Å²) in [5, 5.41) is 0. The SMILES string of the molecule is COC(=O)CCCC(=O)CCCO[C@H]1CCN2C(=O)c3cc(OC)c(OC)cc3N=C[C@H]12. The number of carbonyl (C=O) groups is 3. The summed E-state index contributed by atoms with van der Waals surface area (Å²) in [6, 6.07) is 3.10. The van der Waals surface area contributed by atoms with Gasteiger partial charge in [0.2, 0.25) is 0 Å². The highest BCUT2D eigenvalue weighted by Gasteiger charge is 2.39. The van der Waals surface area contributed by atoms with Gasteiger partial charge in [0.05, 0.1) is 44.7 Å². The number of ether oxygens (including phenoxy) is 4. The van der Waals surface area contributed by atoms with E-state index in [1.165, 1.54) is 14.2 Å². The third kappa shape index (κ3) is 5.45. The number of aliphatic imine (C=N–C) groups is 1. The first-order valence-corrected chi connectivity index (χ1v) is 10.8. The smallest absolute Gasteiger partial charge is 0.305 e. The zero-order chi connectivity index (χ0) is 23.1. The molecule has 0 spiro atoms. The van der Waals surface area contributed by atoms with E-state index in [1.807, 2.05) is 0 Å². The lowest BCUT2D eigenvalue weighted by molar-refractivity contribution is -0.140. The third-order valence-electron chi connectivity index (χ3n) is 5.75. The van der Waals surface area contributed by atoms with Crippen LogP contribution in [0.4, 0.5) is 5.69 Å². The van der Waals surface area contributed by atoms with Gasteiger partial charge in [0, 0.05) is 44.7 Å². The summed E-state index contributed by atoms with van der Waals surface area (Å²) in [5.74, 6) is 0.690. The summed E-state index contributed by atoms with van der Waals surface area (Å²) in [7, 11) is 4.41. The lowest BCUT2D eigenvalue weighted by Gasteiger charge is -2.23. The van der Waals surface area contributed by atoms with Gasteiger partial charge in [-0.25, -0.2) is 0 Å². The highest BCUT2D eigenvalue weighted by molar-refractivity contribution is 6.03. The van der Waals surface area contributed by atoms with Crippen molar-refractivity contribution in [1.29, 1.82) is 0 Å². The van der Waals surface area contributed by atoms with E-state index in [4.69, 9.17) is 14.2 Å². The molecule has 1 saturated heterocycles. The van der Waals surface area contributed by atoms with Crippen LogP contribution in [0.5, 0.6) is 11.5 Å². The summed E-state index contributed by atoms with van der Waals surface area (Å²) in [6.07, 6.45) is 4.41. The molecule has 3 rings (SSSR count). The summed E-state index contributed by atoms with van der Waals surface area (Å²) in [5.41, 5.74) is 1.01. The topological polar surface area (TPSA) is 104 Å². The average molecular weight is 447 g/mol. The molecule has 2 aliphatic heterocycles. The predicted molar refractivity (Wildman–Crippen MR) is 117 cm³/mol. The fourth-order valence-electron chi connectivity index (χ4n) is 4.00. The molecule has 2 atom stereocenters. The van der Waals surface area contributed by atoms with E-state index in [0.29, 0.717) is 68.0 Å². The van der Waals surface area contributed by atoms with Crippen LogP contribution in [0.15, 0.2) is 17.1 Å². The number of nitrogens with zero attached hydrogens (tertiary/aromatic N) is 2. The normalized spacial score (nSPS) is 19.2. The number of fused-ring (bicyclic) bond motifs is 2. The van der Waals surface area contributed by atoms with Crippen LogP contribution in [0.3, 0.4) is 0 Å². The van der Waals surface area contributed by atoms with Crippen molar-refractivity contribution in [3.8, 4) is 11.5 Å². The Morgan fingerprint density at radius 1 is 1.06 bits per heavy atom. The summed E-state index contributed by atoms with van der Waals surface area (Å²) < 4.78 is 21.2. The van der Waals surface area contributed by atoms with E-state index in [9.17, 15) is 14.4 Å². The Bertz CT molecular complexity index is 883. The number of amides is 1. The number of carbonyl (C=O) groups excluding carboxylic acids is 3. The Morgan fingerprint density at radius 3 is 2.50 bits per heavy atom. The predicted octanol–water partition coefficient (Wildman–Crippen LogP) is 2.71. The number of Topliss-reactive ketones (excluding diaryl/α,β-unsaturated/α-hetero) is 1. The Kier molecular flexibility index (Phi) is 8.21. The van der Waals surface area contributed by atoms with E-state index in [2.05, 4.69) is 9.73 Å². The second kappa shape index (κ2) is 11.1. The lowest BCUT2D eigenvalue weighted by atomic mass is 10.1. The third-order valence-corrected chi connectivity index (χ3v) is 5.75. The molecule has 2 heterocycles. The molecule has 0 aromatic heterocycles. The number of ketones is 1. The Hall–Kier alpha value is -2.94. The van der Waals surface area contributed by atoms with Gasteiger partial charge in [-0.2, -0.15) is 0 Å². The van der Waals surface area contributed by atoms with Gasteiger partial charge in [-0.3, -0.25) is 19.4 Å². The number of rotatable bonds is 11. The van der Waals surface area contributed by atoms with Crippen molar-refractivity contribution in [2.45, 2.75) is 50.7 Å². The zero-order valence-electron chi connectivity index (χ0n) is 18.8. The van der Waals surface area contributed by atoms with Crippen molar-refractivity contribution in [2.24, 2.45) is 4.99 Å². The lowest BCUT2D eigenvalue weighted by Crippen LogP contribution is -2.40. The first-order chi connectivity index (χ1) is 15.5. The number of benzene rings is 1. The van der Waals surface area contributed by atoms with Gasteiger partial charge in [-0.05, 0) is 25.3 Å². The molecule has 174 valence electrons. The Labute approximate surface area is 187 Å². The quantitative estimate of drug-likeness (QED) is 0.380. The molecule has 0 N–H and O–H groups in total. The first kappa shape index (κ1) is 23.7. The van der Waals surface area contributed by atoms with Crippen molar-refractivity contribution in [1.82, 2.24) is 4.90 Å². The maximum Gasteiger partial charge on any atom is 0.305 e. The molecule has 0 saturated carbocycles. The average Bonchev–Trinajstić information content (AvgIpc) is 3.15. The van der Waals surface area contributed by atoms with Crippen LogP contribution >= 0.6 is 0 Å². The highest BCUT2D eigenvalue weighted by Crippen LogP contribution is 2.38. The van der Waals surface area contributed by atoms with Crippen molar-refractivity contribution in [3.63, 3.8) is 0 Å². The molecular weight excluding hydrogens is 416 g/mol. The van der Waals surface area contributed by atoms with Gasteiger partial charge in [0.25, 0.3) is 5.91 Å². The standard InChI is InChI=1S/C23H30N2O7/c1-29-20-12-16-17(13-21(20)30-2)24-14-18-19(9-10-25(18)23(16)28)32-11-5-7-15(26)6-4-8-22(27)31-3/h12-14,18-19H,4-11H2,1-3H3/t18-,19+/m1/s1. The number of hydrogen-bond donors (Lipinski definition) is 0. The first-order valence-electron chi connectivity index (χ1n) is 10.8. The molecule has 1 aromatic carbocycles. The van der Waals surface area contributed by atoms with Gasteiger partial charge in [-0.1, -0.05) is 0 Å². The molecule has 0 radical (unpaired) electrons. The van der Waals surface area contributed by atoms with Gasteiger partial charge < -0.3 is 23.8 Å². The van der Waals surface area contributed by atoms with Crippen LogP contribution in [0.1, 0.15) is 48.9 Å². The molecular formula is C23H30N2O7. The maximum atomic E-state index is 13.1. The fourth-order valence-corrected chi connectivity index (χ4v) is 4.00. The Morgan fingerprint density at radius 2 is 1.78 bits per heavy atom. The molecule has 1 aromatic rings. The monoisotopic (exact) mass is 446 g/mol. The molecule has 9 heteroatoms. The molecule has 32 heavy (non-hydrogen) atoms. The molecule has 2 aliphatic rings. The molecule has 9 nitrogen and oxygen atoms in total. The van der Waals surface area contributed by atoms with Crippen molar-refractivity contribution < 1.29 is 33.3 Å². The second-order valence-corrected chi connectivity index (χ2v) is 7.76. The number of methoxy groups -OCH3 is 3. The van der Waals surface area contributed by atoms with Crippen LogP contribution in [-0.2, 0) is 19.1 Å². The van der Waals surface area contributed by atoms with E-state index in [1.54, 1.807) is 30.4 Å². The molecule has 1 fully saturated rings. The van der Waals surface area contributed by atoms with Crippen LogP contribution in [-0.4, -0.2) is 75.4 Å². The fraction of sp³-hybridized carbons (Fsp3) is 0.565. The number of hydrogen-bond acceptors (Lipinski definition) is 8. The van der Waals surface area contributed by atoms with Crippen LogP contribution in [0, 0.1) is 0 Å². The number of esters is 1. The van der Waals surface area contributed by atoms with Gasteiger partial charge >= 0.3 is 5.97 Å². The molecule has 1 amide bonds. The van der Waals surface area contributed by atoms with E-state index < -0.39 is 0 Å². The largest absolute Gasteiger partial charge is 0.493 e. The summed E-state index contributed by atoms with van der Waals surface area (Å²) in [4.78, 5) is 42.5. The van der Waals surface area contributed by atoms with Crippen molar-refractivity contribution >= 4 is 29.6 Å². The van der Waals surface area contributed by atoms with E-state index in [0.717, 1.165) is 0 Å². The van der Waals surface area contributed by atoms with E-state index >= 15 is 0 Å². The highest BCUT2D eigenvalue weighted by atomic mass is 16.5. The van der Waals surface area contributed by atoms with Crippen molar-refractivity contribution in [2.75, 3.05) is 34.5 Å². The molecule has 0 bridgehead atoms. The van der Waals surface area contributed by atoms with Crippen LogP contribution < -0.4 is 9.47 Å². The summed E-state index contributed by atoms with van der Waals surface area (Å²) >= 11 is 0. The Balaban J connectivity index is 1.53. The van der Waals surface area contributed by atoms with Crippen LogP contribution in [0.2, 0.25) is 0 Å². The molecule has 0 unspecified atom stereocenters.